The van der Waals surface area contributed by atoms with Gasteiger partial charge in [0.25, 0.3) is 0 Å². The fourth-order valence-corrected chi connectivity index (χ4v) is 16.9. The lowest BCUT2D eigenvalue weighted by Crippen LogP contribution is -2.61. The number of thioether (sulfide) groups is 1. The van der Waals surface area contributed by atoms with Gasteiger partial charge < -0.3 is 94.0 Å². The summed E-state index contributed by atoms with van der Waals surface area (Å²) < 4.78 is 15.9. The van der Waals surface area contributed by atoms with Gasteiger partial charge in [-0.1, -0.05) is 175 Å². The number of nitrogens with two attached hydrogens (primary N) is 2. The van der Waals surface area contributed by atoms with E-state index in [0.717, 1.165) is 64.0 Å². The molecule has 0 aliphatic carbocycles. The number of likely N-dealkylation sites (N-methyl/N-ethyl adjacent to an activating group) is 5. The van der Waals surface area contributed by atoms with E-state index in [0.29, 0.717) is 40.7 Å². The number of phenols is 1. The van der Waals surface area contributed by atoms with Gasteiger partial charge in [0.2, 0.25) is 88.6 Å². The van der Waals surface area contributed by atoms with Crippen molar-refractivity contribution in [3.05, 3.63) is 208 Å². The molecule has 37 heteroatoms. The van der Waals surface area contributed by atoms with Crippen LogP contribution in [-0.2, 0) is 122 Å². The highest BCUT2D eigenvalue weighted by atomic mass is 32.2. The van der Waals surface area contributed by atoms with Gasteiger partial charge in [0.1, 0.15) is 78.0 Å². The van der Waals surface area contributed by atoms with Crippen LogP contribution in [0.3, 0.4) is 0 Å². The number of phenolic OH excluding ortho intramolecular Hbond substituents is 1. The van der Waals surface area contributed by atoms with Crippen molar-refractivity contribution in [1.29, 1.82) is 0 Å². The molecular formula is C94H119FN16O18S2. The molecule has 702 valence electrons. The third kappa shape index (κ3) is 31.3. The van der Waals surface area contributed by atoms with Crippen molar-refractivity contribution in [3.8, 4) is 5.75 Å². The van der Waals surface area contributed by atoms with Crippen molar-refractivity contribution in [2.45, 2.75) is 178 Å². The van der Waals surface area contributed by atoms with Crippen molar-refractivity contribution in [2.75, 3.05) is 66.4 Å². The van der Waals surface area contributed by atoms with E-state index in [4.69, 9.17) is 11.5 Å². The summed E-state index contributed by atoms with van der Waals surface area (Å²) in [5.41, 5.74) is 15.0. The molecule has 0 spiro atoms. The average Bonchev–Trinajstić information content (AvgIpc) is 1.78. The van der Waals surface area contributed by atoms with Crippen LogP contribution in [0.4, 0.5) is 4.39 Å². The molecule has 0 bridgehead atoms. The fourth-order valence-electron chi connectivity index (χ4n) is 15.1. The minimum absolute atomic E-state index is 0.00116. The number of carboxylic acid groups (broad SMARTS) is 1. The monoisotopic (exact) mass is 1840 g/mol. The number of fused-ring (bicyclic) bond motifs is 1. The summed E-state index contributed by atoms with van der Waals surface area (Å²) in [5.74, 6) is -18.4. The van der Waals surface area contributed by atoms with E-state index in [2.05, 4.69) is 47.9 Å². The first-order chi connectivity index (χ1) is 62.3. The molecule has 6 aromatic carbocycles. The number of carboxylic acids is 1. The van der Waals surface area contributed by atoms with Crippen molar-refractivity contribution >= 4 is 128 Å². The maximum Gasteiger partial charge on any atom is 0.305 e. The van der Waals surface area contributed by atoms with Gasteiger partial charge in [-0.2, -0.15) is 0 Å². The zero-order valence-electron chi connectivity index (χ0n) is 75.1. The number of nitrogens with one attached hydrogen (secondary N) is 9. The number of aromatic hydroxyl groups is 1. The van der Waals surface area contributed by atoms with E-state index in [1.807, 2.05) is 25.1 Å². The number of nitrogens with zero attached hydrogens (tertiary/aromatic N) is 5. The van der Waals surface area contributed by atoms with E-state index in [-0.39, 0.29) is 75.1 Å². The van der Waals surface area contributed by atoms with Crippen LogP contribution in [0.5, 0.6) is 5.75 Å². The maximum atomic E-state index is 15.5. The normalized spacial score (nSPS) is 21.8. The van der Waals surface area contributed by atoms with Gasteiger partial charge in [-0.05, 0) is 105 Å². The van der Waals surface area contributed by atoms with Crippen molar-refractivity contribution in [3.63, 3.8) is 0 Å². The number of amides is 15. The minimum Gasteiger partial charge on any atom is -0.508 e. The van der Waals surface area contributed by atoms with Crippen LogP contribution >= 0.6 is 23.1 Å². The van der Waals surface area contributed by atoms with Gasteiger partial charge >= 0.3 is 5.97 Å². The molecule has 8 rings (SSSR count). The zero-order chi connectivity index (χ0) is 95.9. The minimum atomic E-state index is -1.92. The molecule has 0 unspecified atom stereocenters. The number of thiophene rings is 1. The van der Waals surface area contributed by atoms with Crippen LogP contribution in [0, 0.1) is 17.7 Å². The van der Waals surface area contributed by atoms with Crippen LogP contribution < -0.4 is 59.3 Å². The van der Waals surface area contributed by atoms with E-state index in [1.165, 1.54) is 83.0 Å². The number of hydrogen-bond acceptors (Lipinski definition) is 20. The molecular weight excluding hydrogens is 1720 g/mol. The van der Waals surface area contributed by atoms with E-state index >= 15 is 42.7 Å². The predicted octanol–water partition coefficient (Wildman–Crippen LogP) is 2.95. The Morgan fingerprint density at radius 1 is 0.496 bits per heavy atom. The van der Waals surface area contributed by atoms with E-state index in [1.54, 1.807) is 124 Å². The molecule has 7 aromatic rings. The smallest absolute Gasteiger partial charge is 0.305 e. The molecule has 0 radical (unpaired) electrons. The molecule has 131 heavy (non-hydrogen) atoms. The fraction of sp³-hybridized carbons (Fsp3) is 0.426. The lowest BCUT2D eigenvalue weighted by Gasteiger charge is -2.37. The maximum absolute atomic E-state index is 15.5. The summed E-state index contributed by atoms with van der Waals surface area (Å²) in [4.78, 5) is 241. The number of carbonyl (C=O) groups is 16. The first-order valence-electron chi connectivity index (χ1n) is 43.2. The lowest BCUT2D eigenvalue weighted by molar-refractivity contribution is -0.151. The van der Waals surface area contributed by atoms with E-state index < -0.39 is 210 Å². The quantitative estimate of drug-likeness (QED) is 0.0413. The highest BCUT2D eigenvalue weighted by Gasteiger charge is 2.42. The number of rotatable bonds is 24. The first-order valence-corrected chi connectivity index (χ1v) is 45.2. The Hall–Kier alpha value is -13.2. The molecule has 15 amide bonds. The molecule has 1 saturated heterocycles. The van der Waals surface area contributed by atoms with Gasteiger partial charge in [0.15, 0.2) is 0 Å². The molecule has 0 saturated carbocycles. The van der Waals surface area contributed by atoms with Crippen LogP contribution in [0.2, 0.25) is 0 Å². The molecule has 1 aromatic heterocycles. The van der Waals surface area contributed by atoms with Crippen molar-refractivity contribution < 1.29 is 91.3 Å². The SMILES string of the molecule is CCCC[C@H]1C(=O)N(C)CC(=O)N[C@@H](CC(=O)O)C(=O)N[C@@H](C(C)C)C(=O)N(C)[C@@H](Cc2ccccc2)C(=O)N[C@@H](Cc2ccc(CN)cc2)C(=O)N(C)CC(=O)N[C@@H](Cc2csc3ccccc23)C(=O)N[C@@H](Cc2ccc(O)cc2)C(=O)N[C@@H](CC(C)C)C(=O)N[C@H](C(=O)NCC(N)=O)CSCC(=O)N[C@@H](Cc2cccc(F)c2)C(=O)N(C)[C@@H](Cc2ccccc2)C(=O)N1C. The largest absolute Gasteiger partial charge is 0.508 e. The predicted molar refractivity (Wildman–Crippen MR) is 492 cm³/mol. The van der Waals surface area contributed by atoms with Gasteiger partial charge in [-0.3, -0.25) is 76.7 Å². The number of halogens is 1. The van der Waals surface area contributed by atoms with Crippen LogP contribution in [-0.4, -0.2) is 262 Å². The summed E-state index contributed by atoms with van der Waals surface area (Å²) in [6.45, 7) is 6.28. The molecule has 11 atom stereocenters. The number of hydrogen-bond donors (Lipinski definition) is 13. The number of unbranched alkanes of at least 4 members (excludes halogenated alkanes) is 1. The van der Waals surface area contributed by atoms with Crippen LogP contribution in [0.25, 0.3) is 10.1 Å². The third-order valence-electron chi connectivity index (χ3n) is 22.3. The van der Waals surface area contributed by atoms with Crippen LogP contribution in [0.15, 0.2) is 163 Å². The summed E-state index contributed by atoms with van der Waals surface area (Å²) >= 11 is 2.13. The zero-order valence-corrected chi connectivity index (χ0v) is 76.8. The second kappa shape index (κ2) is 50.1. The number of primary amides is 1. The summed E-state index contributed by atoms with van der Waals surface area (Å²) in [6.07, 6.45) is -1.80. The Morgan fingerprint density at radius 3 is 1.57 bits per heavy atom. The summed E-state index contributed by atoms with van der Waals surface area (Å²) in [5, 5.41) is 47.1. The second-order valence-electron chi connectivity index (χ2n) is 33.5. The van der Waals surface area contributed by atoms with Gasteiger partial charge in [-0.15, -0.1) is 23.1 Å². The Kier molecular flexibility index (Phi) is 39.5. The second-order valence-corrected chi connectivity index (χ2v) is 35.4. The molecule has 1 aliphatic rings. The van der Waals surface area contributed by atoms with Crippen molar-refractivity contribution in [1.82, 2.24) is 72.4 Å². The third-order valence-corrected chi connectivity index (χ3v) is 24.4. The molecule has 1 fully saturated rings. The summed E-state index contributed by atoms with van der Waals surface area (Å²) in [7, 11) is 6.46. The average molecular weight is 1840 g/mol. The number of benzene rings is 6. The number of carbonyl (C=O) groups excluding carboxylic acids is 15. The van der Waals surface area contributed by atoms with Gasteiger partial charge in [-0.25, -0.2) is 4.39 Å². The lowest BCUT2D eigenvalue weighted by atomic mass is 9.98. The Bertz CT molecular complexity index is 5170. The molecule has 2 heterocycles. The van der Waals surface area contributed by atoms with Crippen molar-refractivity contribution in [2.24, 2.45) is 23.3 Å². The highest BCUT2D eigenvalue weighted by Crippen LogP contribution is 2.28. The van der Waals surface area contributed by atoms with Crippen LogP contribution in [0.1, 0.15) is 106 Å². The van der Waals surface area contributed by atoms with E-state index in [9.17, 15) is 48.6 Å². The highest BCUT2D eigenvalue weighted by molar-refractivity contribution is 8.00. The summed E-state index contributed by atoms with van der Waals surface area (Å²) in [6, 6.07) is 24.8. The molecule has 1 aliphatic heterocycles. The Balaban J connectivity index is 1.22. The van der Waals surface area contributed by atoms with Gasteiger partial charge in [0, 0.05) is 90.8 Å². The first kappa shape index (κ1) is 103. The number of aliphatic carboxylic acids is 1. The Morgan fingerprint density at radius 2 is 0.985 bits per heavy atom. The van der Waals surface area contributed by atoms with Gasteiger partial charge in [0.05, 0.1) is 31.8 Å². The topological polar surface area (TPSA) is 490 Å². The Labute approximate surface area is 768 Å². The molecule has 34 nitrogen and oxygen atoms in total. The standard InChI is InChI=1S/C94H119FN16O18S2/c1-11-12-29-74-92(127)108(7)51-80(115)100-70(47-82(117)118)88(123)106-83(56(4)5)94(129)110(9)75(44-57-22-15-13-16-23-57)89(124)104-71(42-59-31-33-61(48-96)34-32-59)90(125)107(6)50-79(114)99-69(46-63-52-131-77-30-20-19-28-66(63)77)87(122)103-68(41-60-35-37-65(112)38-36-60)86(121)102-67(39-55(2)3)85(120)105-73(84(119)98-49-78(97)113)53-130-54-81(116)101-72(43-62-26-21-27-64(95)40-62)91(126)111(10)76(93(128)109(74)8)45-58-24-17-14-18-25-58/h13-28,30-38,40,52,55-56,67-76,83,112H,11-12,29,39,41-51,53-54,96H2,1-10H3,(H2,97,113)(H,98,119)(H,99,114)(H,100,115)(H,101,116)(H,102,121)(H,103,122)(H,104,124)(H,105,120)(H,106,123)(H,117,118)/t67-,68-,69-,70-,71-,72-,73-,74-,75-,76-,83-/m0/s1. The molecule has 15 N–H and O–H groups in total.